The van der Waals surface area contributed by atoms with Gasteiger partial charge in [0.25, 0.3) is 0 Å². The number of ether oxygens (including phenoxy) is 1. The van der Waals surface area contributed by atoms with Gasteiger partial charge in [-0.2, -0.15) is 4.98 Å². The number of hydrogen-bond acceptors (Lipinski definition) is 5. The van der Waals surface area contributed by atoms with Crippen molar-refractivity contribution in [3.05, 3.63) is 11.7 Å². The Hall–Kier alpha value is -0.940. The van der Waals surface area contributed by atoms with E-state index in [0.717, 1.165) is 25.1 Å². The van der Waals surface area contributed by atoms with E-state index in [1.165, 1.54) is 6.42 Å². The molecule has 0 amide bonds. The van der Waals surface area contributed by atoms with Gasteiger partial charge in [-0.25, -0.2) is 0 Å². The second-order valence-corrected chi connectivity index (χ2v) is 6.45. The highest BCUT2D eigenvalue weighted by Crippen LogP contribution is 2.42. The van der Waals surface area contributed by atoms with Crippen molar-refractivity contribution < 1.29 is 9.26 Å². The van der Waals surface area contributed by atoms with Gasteiger partial charge in [0.15, 0.2) is 0 Å². The zero-order valence-corrected chi connectivity index (χ0v) is 14.0. The fourth-order valence-corrected chi connectivity index (χ4v) is 3.25. The summed E-state index contributed by atoms with van der Waals surface area (Å²) in [6, 6.07) is 0.298. The third-order valence-corrected chi connectivity index (χ3v) is 4.82. The number of aromatic nitrogens is 2. The van der Waals surface area contributed by atoms with Crippen LogP contribution in [0.4, 0.5) is 0 Å². The summed E-state index contributed by atoms with van der Waals surface area (Å²) in [5.74, 6) is 2.27. The van der Waals surface area contributed by atoms with Crippen LogP contribution in [0.1, 0.15) is 71.0 Å². The zero-order chi connectivity index (χ0) is 15.5. The Morgan fingerprint density at radius 1 is 1.48 bits per heavy atom. The van der Waals surface area contributed by atoms with Crippen molar-refractivity contribution in [2.75, 3.05) is 13.7 Å². The van der Waals surface area contributed by atoms with Crippen LogP contribution in [-0.2, 0) is 10.3 Å². The average molecular weight is 295 g/mol. The van der Waals surface area contributed by atoms with Crippen LogP contribution >= 0.6 is 0 Å². The number of nitrogens with zero attached hydrogens (tertiary/aromatic N) is 2. The van der Waals surface area contributed by atoms with Crippen LogP contribution in [-0.4, -0.2) is 29.8 Å². The van der Waals surface area contributed by atoms with E-state index in [1.54, 1.807) is 0 Å². The molecule has 2 rings (SSSR count). The van der Waals surface area contributed by atoms with Crippen LogP contribution in [0.25, 0.3) is 0 Å². The van der Waals surface area contributed by atoms with Gasteiger partial charge < -0.3 is 14.6 Å². The molecular formula is C16H29N3O2. The highest BCUT2D eigenvalue weighted by molar-refractivity contribution is 5.06. The van der Waals surface area contributed by atoms with E-state index in [1.807, 2.05) is 14.0 Å². The number of hydrogen-bond donors (Lipinski definition) is 1. The van der Waals surface area contributed by atoms with Crippen molar-refractivity contribution in [3.63, 3.8) is 0 Å². The third kappa shape index (κ3) is 3.46. The lowest BCUT2D eigenvalue weighted by molar-refractivity contribution is -0.0891. The van der Waals surface area contributed by atoms with Gasteiger partial charge in [0.1, 0.15) is 5.60 Å². The number of nitrogens with one attached hydrogen (secondary N) is 1. The van der Waals surface area contributed by atoms with Crippen molar-refractivity contribution in [1.29, 1.82) is 0 Å². The van der Waals surface area contributed by atoms with E-state index in [0.29, 0.717) is 24.5 Å². The highest BCUT2D eigenvalue weighted by atomic mass is 16.5. The Bertz CT molecular complexity index is 444. The lowest BCUT2D eigenvalue weighted by Crippen LogP contribution is -2.36. The Balaban J connectivity index is 2.24. The molecule has 1 heterocycles. The fourth-order valence-electron chi connectivity index (χ4n) is 3.25. The second-order valence-electron chi connectivity index (χ2n) is 6.45. The molecule has 120 valence electrons. The first-order valence-electron chi connectivity index (χ1n) is 8.17. The molecule has 1 aromatic heterocycles. The highest BCUT2D eigenvalue weighted by Gasteiger charge is 2.42. The first-order chi connectivity index (χ1) is 10.0. The molecule has 0 radical (unpaired) electrons. The van der Waals surface area contributed by atoms with Gasteiger partial charge in [-0.3, -0.25) is 0 Å². The summed E-state index contributed by atoms with van der Waals surface area (Å²) >= 11 is 0. The maximum atomic E-state index is 6.11. The lowest BCUT2D eigenvalue weighted by atomic mass is 9.78. The van der Waals surface area contributed by atoms with Gasteiger partial charge in [-0.1, -0.05) is 25.4 Å². The quantitative estimate of drug-likeness (QED) is 0.873. The molecule has 1 fully saturated rings. The molecular weight excluding hydrogens is 266 g/mol. The predicted octanol–water partition coefficient (Wildman–Crippen LogP) is 3.22. The number of likely N-dealkylation sites (N-methyl/N-ethyl adjacent to an activating group) is 1. The molecule has 0 aliphatic heterocycles. The molecule has 0 spiro atoms. The van der Waals surface area contributed by atoms with Crippen molar-refractivity contribution in [1.82, 2.24) is 15.5 Å². The standard InChI is InChI=1S/C16H29N3O2/c1-6-20-16(9-7-8-11(2)10-16)15-18-14(21-19-15)12(3)13(4)17-5/h11-13,17H,6-10H2,1-5H3. The second kappa shape index (κ2) is 6.88. The van der Waals surface area contributed by atoms with E-state index in [9.17, 15) is 0 Å². The SMILES string of the molecule is CCOC1(c2noc(C(C)C(C)NC)n2)CCCC(C)C1. The van der Waals surface area contributed by atoms with Crippen molar-refractivity contribution in [2.24, 2.45) is 5.92 Å². The van der Waals surface area contributed by atoms with Gasteiger partial charge in [-0.15, -0.1) is 0 Å². The molecule has 1 N–H and O–H groups in total. The monoisotopic (exact) mass is 295 g/mol. The Morgan fingerprint density at radius 2 is 2.24 bits per heavy atom. The minimum absolute atomic E-state index is 0.191. The van der Waals surface area contributed by atoms with Crippen LogP contribution in [0, 0.1) is 5.92 Å². The first kappa shape index (κ1) is 16.4. The molecule has 5 heteroatoms. The van der Waals surface area contributed by atoms with Gasteiger partial charge in [0.2, 0.25) is 11.7 Å². The topological polar surface area (TPSA) is 60.2 Å². The summed E-state index contributed by atoms with van der Waals surface area (Å²) in [5.41, 5.74) is -0.350. The molecule has 4 atom stereocenters. The summed E-state index contributed by atoms with van der Waals surface area (Å²) < 4.78 is 11.6. The van der Waals surface area contributed by atoms with Crippen molar-refractivity contribution >= 4 is 0 Å². The van der Waals surface area contributed by atoms with Gasteiger partial charge in [-0.05, 0) is 46.1 Å². The Morgan fingerprint density at radius 3 is 2.86 bits per heavy atom. The molecule has 0 aromatic carbocycles. The van der Waals surface area contributed by atoms with Gasteiger partial charge in [0.05, 0.1) is 5.92 Å². The third-order valence-electron chi connectivity index (χ3n) is 4.82. The summed E-state index contributed by atoms with van der Waals surface area (Å²) in [5, 5.41) is 7.50. The van der Waals surface area contributed by atoms with E-state index in [4.69, 9.17) is 9.26 Å². The largest absolute Gasteiger partial charge is 0.367 e. The van der Waals surface area contributed by atoms with Crippen molar-refractivity contribution in [3.8, 4) is 0 Å². The van der Waals surface area contributed by atoms with Gasteiger partial charge in [0, 0.05) is 12.6 Å². The van der Waals surface area contributed by atoms with Crippen LogP contribution in [0.3, 0.4) is 0 Å². The molecule has 1 aromatic rings. The average Bonchev–Trinajstić information content (AvgIpc) is 2.96. The molecule has 5 nitrogen and oxygen atoms in total. The Labute approximate surface area is 127 Å². The Kier molecular flexibility index (Phi) is 5.38. The summed E-state index contributed by atoms with van der Waals surface area (Å²) in [4.78, 5) is 4.69. The lowest BCUT2D eigenvalue weighted by Gasteiger charge is -2.37. The molecule has 0 bridgehead atoms. The van der Waals surface area contributed by atoms with Crippen LogP contribution in [0.15, 0.2) is 4.52 Å². The van der Waals surface area contributed by atoms with Crippen LogP contribution in [0.2, 0.25) is 0 Å². The smallest absolute Gasteiger partial charge is 0.231 e. The summed E-state index contributed by atoms with van der Waals surface area (Å²) in [6.07, 6.45) is 4.39. The molecule has 21 heavy (non-hydrogen) atoms. The summed E-state index contributed by atoms with van der Waals surface area (Å²) in [6.45, 7) is 9.22. The maximum absolute atomic E-state index is 6.11. The molecule has 4 unspecified atom stereocenters. The molecule has 0 saturated heterocycles. The minimum Gasteiger partial charge on any atom is -0.367 e. The van der Waals surface area contributed by atoms with Gasteiger partial charge >= 0.3 is 0 Å². The molecule has 1 aliphatic rings. The maximum Gasteiger partial charge on any atom is 0.231 e. The fraction of sp³-hybridized carbons (Fsp3) is 0.875. The van der Waals surface area contributed by atoms with Crippen LogP contribution < -0.4 is 5.32 Å². The zero-order valence-electron chi connectivity index (χ0n) is 14.0. The predicted molar refractivity (Wildman–Crippen MR) is 82.2 cm³/mol. The molecule has 1 aliphatic carbocycles. The van der Waals surface area contributed by atoms with Crippen LogP contribution in [0.5, 0.6) is 0 Å². The number of rotatable bonds is 6. The first-order valence-corrected chi connectivity index (χ1v) is 8.17. The normalized spacial score (nSPS) is 29.3. The van der Waals surface area contributed by atoms with E-state index in [2.05, 4.69) is 36.2 Å². The molecule has 1 saturated carbocycles. The van der Waals surface area contributed by atoms with E-state index >= 15 is 0 Å². The van der Waals surface area contributed by atoms with Crippen molar-refractivity contribution in [2.45, 2.75) is 70.9 Å². The van der Waals surface area contributed by atoms with E-state index < -0.39 is 0 Å². The summed E-state index contributed by atoms with van der Waals surface area (Å²) in [7, 11) is 1.95. The minimum atomic E-state index is -0.350. The van der Waals surface area contributed by atoms with E-state index in [-0.39, 0.29) is 11.5 Å².